The third kappa shape index (κ3) is 12.8. The zero-order chi connectivity index (χ0) is 23.4. The summed E-state index contributed by atoms with van der Waals surface area (Å²) in [4.78, 5) is 24.1. The highest BCUT2D eigenvalue weighted by Gasteiger charge is 2.17. The topological polar surface area (TPSA) is 63.2 Å². The van der Waals surface area contributed by atoms with Crippen LogP contribution in [0.3, 0.4) is 0 Å². The van der Waals surface area contributed by atoms with Crippen LogP contribution in [0.25, 0.3) is 0 Å². The minimum atomic E-state index is -1.57. The number of hydrogen-bond acceptors (Lipinski definition) is 3. The van der Waals surface area contributed by atoms with Crippen LogP contribution in [0.4, 0.5) is 0 Å². The van der Waals surface area contributed by atoms with E-state index in [1.165, 1.54) is 96.8 Å². The van der Waals surface area contributed by atoms with Crippen molar-refractivity contribution in [3.05, 3.63) is 32.9 Å². The van der Waals surface area contributed by atoms with Crippen molar-refractivity contribution in [2.45, 2.75) is 117 Å². The maximum Gasteiger partial charge on any atom is 0.252 e. The number of rotatable bonds is 20. The van der Waals surface area contributed by atoms with Crippen LogP contribution in [0.1, 0.15) is 137 Å². The molecule has 0 bridgehead atoms. The summed E-state index contributed by atoms with van der Waals surface area (Å²) in [5.41, 5.74) is 0.792. The van der Waals surface area contributed by atoms with E-state index in [0.717, 1.165) is 12.8 Å². The standard InChI is InChI=1S/C27H44INO3/c1-3-4-5-6-7-8-9-10-11-12-13-14-15-16-17-18-22-29-27(31)25-21-19-20-24(23(2)30)26(25)28-32/h19-21H,3-18,22H2,1-2H3,(H,29,31). The summed E-state index contributed by atoms with van der Waals surface area (Å²) in [6.45, 7) is 4.34. The zero-order valence-corrected chi connectivity index (χ0v) is 22.5. The molecule has 1 aromatic carbocycles. The van der Waals surface area contributed by atoms with Crippen molar-refractivity contribution < 1.29 is 12.7 Å². The van der Waals surface area contributed by atoms with Crippen LogP contribution in [0.2, 0.25) is 0 Å². The molecule has 0 saturated heterocycles. The van der Waals surface area contributed by atoms with Gasteiger partial charge in [0.1, 0.15) is 0 Å². The Kier molecular flexibility index (Phi) is 17.5. The van der Waals surface area contributed by atoms with E-state index in [-0.39, 0.29) is 11.7 Å². The molecule has 0 unspecified atom stereocenters. The highest BCUT2D eigenvalue weighted by molar-refractivity contribution is 14.1. The Morgan fingerprint density at radius 3 is 1.59 bits per heavy atom. The van der Waals surface area contributed by atoms with Gasteiger partial charge >= 0.3 is 0 Å². The monoisotopic (exact) mass is 557 g/mol. The highest BCUT2D eigenvalue weighted by atomic mass is 127. The summed E-state index contributed by atoms with van der Waals surface area (Å²) >= 11 is -1.57. The summed E-state index contributed by atoms with van der Waals surface area (Å²) in [7, 11) is 0. The molecule has 182 valence electrons. The average molecular weight is 558 g/mol. The quantitative estimate of drug-likeness (QED) is 0.0995. The van der Waals surface area contributed by atoms with E-state index in [2.05, 4.69) is 12.2 Å². The van der Waals surface area contributed by atoms with Gasteiger partial charge in [0.2, 0.25) is 0 Å². The van der Waals surface area contributed by atoms with Gasteiger partial charge in [-0.25, -0.2) is 0 Å². The Hall–Kier alpha value is -1.11. The molecule has 32 heavy (non-hydrogen) atoms. The van der Waals surface area contributed by atoms with Crippen LogP contribution in [0.15, 0.2) is 18.2 Å². The molecule has 0 saturated carbocycles. The van der Waals surface area contributed by atoms with Gasteiger partial charge in [0, 0.05) is 12.1 Å². The largest absolute Gasteiger partial charge is 0.352 e. The normalized spacial score (nSPS) is 10.9. The van der Waals surface area contributed by atoms with E-state index in [9.17, 15) is 12.7 Å². The lowest BCUT2D eigenvalue weighted by atomic mass is 10.0. The average Bonchev–Trinajstić information content (AvgIpc) is 2.80. The number of carbonyl (C=O) groups is 2. The van der Waals surface area contributed by atoms with Gasteiger partial charge < -0.3 is 5.32 Å². The number of hydrogen-bond donors (Lipinski definition) is 1. The van der Waals surface area contributed by atoms with Gasteiger partial charge in [0.05, 0.1) is 9.13 Å². The Bertz CT molecular complexity index is 675. The Morgan fingerprint density at radius 2 is 1.16 bits per heavy atom. The molecule has 0 aliphatic heterocycles. The lowest BCUT2D eigenvalue weighted by molar-refractivity contribution is 0.0952. The van der Waals surface area contributed by atoms with E-state index in [4.69, 9.17) is 0 Å². The van der Waals surface area contributed by atoms with Crippen molar-refractivity contribution in [2.75, 3.05) is 6.54 Å². The van der Waals surface area contributed by atoms with Crippen LogP contribution in [0, 0.1) is 3.57 Å². The van der Waals surface area contributed by atoms with Crippen LogP contribution in [-0.2, 0) is 3.07 Å². The molecule has 0 fully saturated rings. The maximum atomic E-state index is 12.4. The van der Waals surface area contributed by atoms with Crippen LogP contribution < -0.4 is 5.32 Å². The first kappa shape index (κ1) is 28.9. The Morgan fingerprint density at radius 1 is 0.719 bits per heavy atom. The number of amides is 1. The van der Waals surface area contributed by atoms with Gasteiger partial charge in [0.25, 0.3) is 5.91 Å². The number of halogens is 1. The van der Waals surface area contributed by atoms with Gasteiger partial charge in [-0.3, -0.25) is 12.7 Å². The van der Waals surface area contributed by atoms with Gasteiger partial charge in [-0.05, 0) is 19.4 Å². The lowest BCUT2D eigenvalue weighted by Gasteiger charge is -2.09. The number of unbranched alkanes of at least 4 members (excludes halogenated alkanes) is 15. The molecule has 0 aliphatic rings. The summed E-state index contributed by atoms with van der Waals surface area (Å²) in [6.07, 6.45) is 21.2. The number of Topliss-reactive ketones (excluding diaryl/α,β-unsaturated/α-hetero) is 1. The summed E-state index contributed by atoms with van der Waals surface area (Å²) in [6, 6.07) is 4.98. The maximum absolute atomic E-state index is 12.4. The van der Waals surface area contributed by atoms with E-state index in [1.54, 1.807) is 18.2 Å². The first-order chi connectivity index (χ1) is 15.6. The summed E-state index contributed by atoms with van der Waals surface area (Å²) < 4.78 is 12.0. The number of benzene rings is 1. The number of carbonyl (C=O) groups excluding carboxylic acids is 2. The van der Waals surface area contributed by atoms with Gasteiger partial charge in [-0.2, -0.15) is 0 Å². The zero-order valence-electron chi connectivity index (χ0n) is 20.4. The molecule has 0 radical (unpaired) electrons. The fraction of sp³-hybridized carbons (Fsp3) is 0.704. The molecule has 0 heterocycles. The van der Waals surface area contributed by atoms with Crippen molar-refractivity contribution in [2.24, 2.45) is 0 Å². The summed E-state index contributed by atoms with van der Waals surface area (Å²) in [5, 5.41) is 2.92. The molecule has 1 aromatic rings. The van der Waals surface area contributed by atoms with Crippen molar-refractivity contribution >= 4 is 32.9 Å². The third-order valence-corrected chi connectivity index (χ3v) is 7.62. The van der Waals surface area contributed by atoms with E-state index in [0.29, 0.717) is 21.2 Å². The molecular weight excluding hydrogens is 513 g/mol. The molecule has 0 atom stereocenters. The van der Waals surface area contributed by atoms with Gasteiger partial charge in [0.15, 0.2) is 27.0 Å². The second-order valence-electron chi connectivity index (χ2n) is 8.86. The smallest absolute Gasteiger partial charge is 0.252 e. The van der Waals surface area contributed by atoms with Crippen LogP contribution in [0.5, 0.6) is 0 Å². The number of nitrogens with one attached hydrogen (secondary N) is 1. The first-order valence-electron chi connectivity index (χ1n) is 12.8. The van der Waals surface area contributed by atoms with Crippen molar-refractivity contribution in [1.82, 2.24) is 5.32 Å². The fourth-order valence-electron chi connectivity index (χ4n) is 4.03. The molecule has 1 amide bonds. The second-order valence-corrected chi connectivity index (χ2v) is 10.4. The summed E-state index contributed by atoms with van der Waals surface area (Å²) in [5.74, 6) is -0.373. The fourth-order valence-corrected chi connectivity index (χ4v) is 5.49. The molecule has 5 heteroatoms. The molecule has 1 rings (SSSR count). The van der Waals surface area contributed by atoms with Crippen LogP contribution in [-0.4, -0.2) is 18.2 Å². The van der Waals surface area contributed by atoms with Crippen molar-refractivity contribution in [3.8, 4) is 0 Å². The van der Waals surface area contributed by atoms with Crippen molar-refractivity contribution in [3.63, 3.8) is 0 Å². The second kappa shape index (κ2) is 19.4. The van der Waals surface area contributed by atoms with E-state index in [1.807, 2.05) is 0 Å². The number of ketones is 1. The first-order valence-corrected chi connectivity index (χ1v) is 14.8. The highest BCUT2D eigenvalue weighted by Crippen LogP contribution is 2.21. The SMILES string of the molecule is CCCCCCCCCCCCCCCCCCNC(=O)c1cccc(C(C)=O)c1I=O. The Balaban J connectivity index is 1.99. The minimum Gasteiger partial charge on any atom is -0.352 e. The molecule has 4 nitrogen and oxygen atoms in total. The van der Waals surface area contributed by atoms with Crippen LogP contribution >= 0.6 is 21.2 Å². The molecule has 0 aromatic heterocycles. The van der Waals surface area contributed by atoms with Gasteiger partial charge in [-0.1, -0.05) is 115 Å². The molecule has 0 aliphatic carbocycles. The predicted molar refractivity (Wildman–Crippen MR) is 142 cm³/mol. The third-order valence-electron chi connectivity index (χ3n) is 6.02. The van der Waals surface area contributed by atoms with E-state index < -0.39 is 21.2 Å². The Labute approximate surface area is 206 Å². The van der Waals surface area contributed by atoms with Crippen molar-refractivity contribution in [1.29, 1.82) is 0 Å². The lowest BCUT2D eigenvalue weighted by Crippen LogP contribution is -2.25. The predicted octanol–water partition coefficient (Wildman–Crippen LogP) is 8.37. The molecule has 1 N–H and O–H groups in total. The molecular formula is C27H44INO3. The van der Waals surface area contributed by atoms with Gasteiger partial charge in [-0.15, -0.1) is 0 Å². The molecule has 0 spiro atoms. The minimum absolute atomic E-state index is 0.150. The van der Waals surface area contributed by atoms with E-state index >= 15 is 0 Å².